The molecule has 1 aliphatic heterocycles. The average molecular weight is 691 g/mol. The van der Waals surface area contributed by atoms with Gasteiger partial charge in [-0.3, -0.25) is 15.0 Å². The highest BCUT2D eigenvalue weighted by Crippen LogP contribution is 2.63. The molecular weight excluding hydrogens is 665 g/mol. The van der Waals surface area contributed by atoms with Crippen molar-refractivity contribution < 1.29 is 4.74 Å². The molecule has 0 fully saturated rings. The van der Waals surface area contributed by atoms with Crippen LogP contribution in [0.5, 0.6) is 11.5 Å². The Bertz CT molecular complexity index is 3240. The predicted octanol–water partition coefficient (Wildman–Crippen LogP) is 10.4. The molecule has 7 nitrogen and oxygen atoms in total. The quantitative estimate of drug-likeness (QED) is 0.180. The zero-order valence-corrected chi connectivity index (χ0v) is 28.6. The summed E-state index contributed by atoms with van der Waals surface area (Å²) in [6, 6.07) is 48.5. The lowest BCUT2D eigenvalue weighted by Crippen LogP contribution is -2.33. The normalized spacial score (nSPS) is 15.2. The Hall–Kier alpha value is -7.56. The Morgan fingerprint density at radius 1 is 0.537 bits per heavy atom. The van der Waals surface area contributed by atoms with Crippen LogP contribution in [-0.2, 0) is 5.41 Å². The van der Waals surface area contributed by atoms with Crippen LogP contribution >= 0.6 is 0 Å². The van der Waals surface area contributed by atoms with Crippen molar-refractivity contribution in [3.8, 4) is 40.3 Å². The van der Waals surface area contributed by atoms with Gasteiger partial charge in [0, 0.05) is 50.6 Å². The molecule has 10 aromatic rings. The van der Waals surface area contributed by atoms with Crippen LogP contribution in [0.2, 0.25) is 0 Å². The highest BCUT2D eigenvalue weighted by Gasteiger charge is 2.54. The number of hydrogen-bond donors (Lipinski definition) is 0. The molecule has 6 heterocycles. The first kappa shape index (κ1) is 29.1. The van der Waals surface area contributed by atoms with E-state index in [4.69, 9.17) is 14.7 Å². The Labute approximate surface area is 308 Å². The summed E-state index contributed by atoms with van der Waals surface area (Å²) in [5.41, 5.74) is 11.6. The number of aromatic nitrogens is 5. The van der Waals surface area contributed by atoms with Crippen LogP contribution in [0.4, 0.5) is 0 Å². The van der Waals surface area contributed by atoms with Crippen LogP contribution < -0.4 is 4.74 Å². The summed E-state index contributed by atoms with van der Waals surface area (Å²) in [6.07, 6.45) is 7.61. The Morgan fingerprint density at radius 2 is 1.26 bits per heavy atom. The molecule has 0 amide bonds. The highest BCUT2D eigenvalue weighted by molar-refractivity contribution is 6.10. The molecule has 1 atom stereocenters. The molecule has 0 bridgehead atoms. The third-order valence-corrected chi connectivity index (χ3v) is 11.4. The average Bonchev–Trinajstić information content (AvgIpc) is 3.85. The molecule has 54 heavy (non-hydrogen) atoms. The fourth-order valence-electron chi connectivity index (χ4n) is 9.34. The van der Waals surface area contributed by atoms with E-state index in [1.165, 1.54) is 0 Å². The van der Waals surface area contributed by atoms with Crippen molar-refractivity contribution in [2.75, 3.05) is 0 Å². The summed E-state index contributed by atoms with van der Waals surface area (Å²) >= 11 is 0. The van der Waals surface area contributed by atoms with Gasteiger partial charge < -0.3 is 13.9 Å². The van der Waals surface area contributed by atoms with Gasteiger partial charge in [0.2, 0.25) is 0 Å². The van der Waals surface area contributed by atoms with Gasteiger partial charge in [0.15, 0.2) is 0 Å². The van der Waals surface area contributed by atoms with E-state index in [0.717, 1.165) is 100 Å². The number of rotatable bonds is 2. The van der Waals surface area contributed by atoms with Crippen molar-refractivity contribution in [2.45, 2.75) is 5.41 Å². The zero-order chi connectivity index (χ0) is 35.5. The second-order valence-corrected chi connectivity index (χ2v) is 13.9. The molecule has 7 heteroatoms. The molecule has 1 aliphatic carbocycles. The van der Waals surface area contributed by atoms with Gasteiger partial charge in [-0.15, -0.1) is 0 Å². The molecule has 5 aromatic heterocycles. The van der Waals surface area contributed by atoms with E-state index in [-0.39, 0.29) is 0 Å². The number of nitriles is 1. The van der Waals surface area contributed by atoms with Crippen LogP contribution in [0.15, 0.2) is 158 Å². The molecule has 5 aromatic carbocycles. The second-order valence-electron chi connectivity index (χ2n) is 13.9. The maximum atomic E-state index is 9.89. The summed E-state index contributed by atoms with van der Waals surface area (Å²) in [5, 5.41) is 14.3. The maximum Gasteiger partial charge on any atom is 0.134 e. The van der Waals surface area contributed by atoms with Crippen molar-refractivity contribution in [1.82, 2.24) is 24.1 Å². The molecule has 250 valence electrons. The van der Waals surface area contributed by atoms with Crippen molar-refractivity contribution in [2.24, 2.45) is 0 Å². The Balaban J connectivity index is 1.24. The lowest BCUT2D eigenvalue weighted by Gasteiger charge is -2.40. The molecule has 0 N–H and O–H groups in total. The number of pyridine rings is 3. The molecule has 0 saturated carbocycles. The predicted molar refractivity (Wildman–Crippen MR) is 211 cm³/mol. The summed E-state index contributed by atoms with van der Waals surface area (Å²) in [5.74, 6) is 1.55. The number of benzene rings is 5. The molecule has 1 unspecified atom stereocenters. The third kappa shape index (κ3) is 3.56. The Morgan fingerprint density at radius 3 is 2.15 bits per heavy atom. The molecule has 12 rings (SSSR count). The van der Waals surface area contributed by atoms with Crippen molar-refractivity contribution in [3.05, 3.63) is 186 Å². The van der Waals surface area contributed by atoms with E-state index in [9.17, 15) is 5.26 Å². The maximum absolute atomic E-state index is 9.89. The van der Waals surface area contributed by atoms with Crippen LogP contribution in [0, 0.1) is 11.3 Å². The first-order chi connectivity index (χ1) is 26.8. The number of para-hydroxylation sites is 3. The smallest absolute Gasteiger partial charge is 0.134 e. The standard InChI is InChI=1S/C47H26N6O/c48-25-28-18-19-39-33(23-28)31-10-2-5-14-38(31)53(39)40-15-7-17-43-44(40)47(34-11-3-6-16-42(34)54-43)35-12-8-21-50-45(35)46-36(47)24-29(26-51-46)52-37-13-4-1-9-30(37)32-20-22-49-27-41(32)52/h1-24,26-27H. The van der Waals surface area contributed by atoms with E-state index >= 15 is 0 Å². The molecule has 2 aliphatic rings. The third-order valence-electron chi connectivity index (χ3n) is 11.4. The molecular formula is C47H26N6O. The van der Waals surface area contributed by atoms with Crippen molar-refractivity contribution >= 4 is 43.6 Å². The topological polar surface area (TPSA) is 81.5 Å². The number of fused-ring (bicyclic) bond motifs is 15. The first-order valence-corrected chi connectivity index (χ1v) is 17.9. The van der Waals surface area contributed by atoms with Gasteiger partial charge in [-0.25, -0.2) is 0 Å². The van der Waals surface area contributed by atoms with Gasteiger partial charge in [-0.1, -0.05) is 66.7 Å². The fourth-order valence-corrected chi connectivity index (χ4v) is 9.34. The minimum atomic E-state index is -0.857. The van der Waals surface area contributed by atoms with E-state index in [1.54, 1.807) is 0 Å². The molecule has 0 radical (unpaired) electrons. The lowest BCUT2D eigenvalue weighted by molar-refractivity contribution is 0.435. The van der Waals surface area contributed by atoms with E-state index in [1.807, 2.05) is 49.1 Å². The molecule has 0 saturated heterocycles. The second kappa shape index (κ2) is 10.5. The van der Waals surface area contributed by atoms with Crippen LogP contribution in [0.3, 0.4) is 0 Å². The van der Waals surface area contributed by atoms with Crippen LogP contribution in [0.1, 0.15) is 27.8 Å². The van der Waals surface area contributed by atoms with E-state index in [2.05, 4.69) is 129 Å². The van der Waals surface area contributed by atoms with Crippen molar-refractivity contribution in [1.29, 1.82) is 5.26 Å². The van der Waals surface area contributed by atoms with Gasteiger partial charge in [0.05, 0.1) is 74.3 Å². The van der Waals surface area contributed by atoms with Crippen LogP contribution in [-0.4, -0.2) is 24.1 Å². The minimum absolute atomic E-state index is 0.623. The van der Waals surface area contributed by atoms with Gasteiger partial charge in [-0.05, 0) is 72.3 Å². The summed E-state index contributed by atoms with van der Waals surface area (Å²) in [6.45, 7) is 0. The van der Waals surface area contributed by atoms with Gasteiger partial charge >= 0.3 is 0 Å². The highest BCUT2D eigenvalue weighted by atomic mass is 16.5. The fraction of sp³-hybridized carbons (Fsp3) is 0.0213. The number of hydrogen-bond acceptors (Lipinski definition) is 5. The zero-order valence-electron chi connectivity index (χ0n) is 28.6. The van der Waals surface area contributed by atoms with E-state index < -0.39 is 5.41 Å². The molecule has 1 spiro atoms. The monoisotopic (exact) mass is 690 g/mol. The number of ether oxygens (including phenoxy) is 1. The largest absolute Gasteiger partial charge is 0.457 e. The Kier molecular flexibility index (Phi) is 5.65. The van der Waals surface area contributed by atoms with Gasteiger partial charge in [-0.2, -0.15) is 5.26 Å². The summed E-state index contributed by atoms with van der Waals surface area (Å²) < 4.78 is 11.5. The van der Waals surface area contributed by atoms with Crippen molar-refractivity contribution in [3.63, 3.8) is 0 Å². The SMILES string of the molecule is N#Cc1ccc2c(c1)c1ccccc1n2-c1cccc2c1C1(c3ccccc3O2)c2cccnc2-c2ncc(-n3c4ccccc4c4ccncc43)cc21. The first-order valence-electron chi connectivity index (χ1n) is 17.9. The lowest BCUT2D eigenvalue weighted by atomic mass is 9.65. The van der Waals surface area contributed by atoms with Crippen LogP contribution in [0.25, 0.3) is 66.4 Å². The summed E-state index contributed by atoms with van der Waals surface area (Å²) in [4.78, 5) is 14.9. The van der Waals surface area contributed by atoms with E-state index in [0.29, 0.717) is 5.56 Å². The van der Waals surface area contributed by atoms with Gasteiger partial charge in [0.25, 0.3) is 0 Å². The summed E-state index contributed by atoms with van der Waals surface area (Å²) in [7, 11) is 0. The number of nitrogens with zero attached hydrogens (tertiary/aromatic N) is 6. The van der Waals surface area contributed by atoms with Gasteiger partial charge in [0.1, 0.15) is 11.5 Å². The minimum Gasteiger partial charge on any atom is -0.457 e.